The summed E-state index contributed by atoms with van der Waals surface area (Å²) < 4.78 is 4.68. The monoisotopic (exact) mass is 365 g/mol. The van der Waals surface area contributed by atoms with Gasteiger partial charge in [-0.3, -0.25) is 14.6 Å². The maximum absolute atomic E-state index is 12.6. The van der Waals surface area contributed by atoms with Crippen molar-refractivity contribution in [2.45, 2.75) is 25.9 Å². The van der Waals surface area contributed by atoms with Gasteiger partial charge in [-0.05, 0) is 46.6 Å². The summed E-state index contributed by atoms with van der Waals surface area (Å²) in [6.07, 6.45) is 2.65. The fourth-order valence-corrected chi connectivity index (χ4v) is 3.24. The number of hydrogen-bond acceptors (Lipinski definition) is 6. The molecule has 3 heterocycles. The van der Waals surface area contributed by atoms with E-state index >= 15 is 0 Å². The normalized spacial score (nSPS) is 17.3. The molecular formula is C19H19N5O3. The maximum atomic E-state index is 12.6. The molecule has 4 rings (SSSR count). The van der Waals surface area contributed by atoms with Crippen LogP contribution < -0.4 is 5.32 Å². The van der Waals surface area contributed by atoms with Gasteiger partial charge in [0.25, 0.3) is 0 Å². The molecule has 1 saturated heterocycles. The summed E-state index contributed by atoms with van der Waals surface area (Å²) in [5.74, 6) is -0.204. The SMILES string of the molecule is O=C(NCc1ccc2nonc2c1)[C@@H]1CCC(=O)N(Cc2ccccn2)C1. The number of carbonyl (C=O) groups is 2. The Labute approximate surface area is 155 Å². The van der Waals surface area contributed by atoms with Gasteiger partial charge in [-0.1, -0.05) is 12.1 Å². The molecule has 1 aliphatic rings. The lowest BCUT2D eigenvalue weighted by Gasteiger charge is -2.31. The van der Waals surface area contributed by atoms with E-state index in [2.05, 4.69) is 25.2 Å². The number of aromatic nitrogens is 3. The molecule has 3 aromatic rings. The molecule has 1 aliphatic heterocycles. The summed E-state index contributed by atoms with van der Waals surface area (Å²) in [6.45, 7) is 1.24. The predicted octanol–water partition coefficient (Wildman–Crippen LogP) is 1.67. The molecule has 1 N–H and O–H groups in total. The molecule has 1 aromatic carbocycles. The molecule has 1 atom stereocenters. The number of pyridine rings is 1. The second kappa shape index (κ2) is 7.53. The average Bonchev–Trinajstić information content (AvgIpc) is 3.16. The number of fused-ring (bicyclic) bond motifs is 1. The van der Waals surface area contributed by atoms with E-state index in [1.54, 1.807) is 17.2 Å². The van der Waals surface area contributed by atoms with Crippen LogP contribution in [0.5, 0.6) is 0 Å². The van der Waals surface area contributed by atoms with Crippen LogP contribution in [0.3, 0.4) is 0 Å². The summed E-state index contributed by atoms with van der Waals surface area (Å²) in [6, 6.07) is 11.1. The third kappa shape index (κ3) is 3.94. The van der Waals surface area contributed by atoms with Crippen LogP contribution in [0.1, 0.15) is 24.1 Å². The van der Waals surface area contributed by atoms with Crippen molar-refractivity contribution in [2.75, 3.05) is 6.54 Å². The molecule has 8 nitrogen and oxygen atoms in total. The van der Waals surface area contributed by atoms with Crippen molar-refractivity contribution in [1.82, 2.24) is 25.5 Å². The average molecular weight is 365 g/mol. The lowest BCUT2D eigenvalue weighted by molar-refractivity contribution is -0.139. The van der Waals surface area contributed by atoms with Crippen molar-refractivity contribution < 1.29 is 14.2 Å². The molecule has 27 heavy (non-hydrogen) atoms. The zero-order valence-corrected chi connectivity index (χ0v) is 14.7. The minimum Gasteiger partial charge on any atom is -0.352 e. The van der Waals surface area contributed by atoms with E-state index in [0.29, 0.717) is 43.5 Å². The van der Waals surface area contributed by atoms with Crippen LogP contribution in [0, 0.1) is 5.92 Å². The lowest BCUT2D eigenvalue weighted by Crippen LogP contribution is -2.45. The number of likely N-dealkylation sites (tertiary alicyclic amines) is 1. The van der Waals surface area contributed by atoms with E-state index in [1.807, 2.05) is 30.3 Å². The highest BCUT2D eigenvalue weighted by molar-refractivity contribution is 5.84. The molecule has 2 amide bonds. The minimum absolute atomic E-state index is 0.0492. The first-order valence-corrected chi connectivity index (χ1v) is 8.85. The zero-order chi connectivity index (χ0) is 18.6. The maximum Gasteiger partial charge on any atom is 0.225 e. The topological polar surface area (TPSA) is 101 Å². The Morgan fingerprint density at radius 3 is 2.96 bits per heavy atom. The Kier molecular flexibility index (Phi) is 4.78. The molecule has 0 aliphatic carbocycles. The minimum atomic E-state index is -0.219. The molecule has 0 spiro atoms. The van der Waals surface area contributed by atoms with Gasteiger partial charge in [0, 0.05) is 25.7 Å². The summed E-state index contributed by atoms with van der Waals surface area (Å²) in [4.78, 5) is 30.7. The van der Waals surface area contributed by atoms with Gasteiger partial charge in [0.1, 0.15) is 11.0 Å². The van der Waals surface area contributed by atoms with Crippen molar-refractivity contribution in [2.24, 2.45) is 5.92 Å². The predicted molar refractivity (Wildman–Crippen MR) is 96.0 cm³/mol. The Bertz CT molecular complexity index is 956. The fourth-order valence-electron chi connectivity index (χ4n) is 3.24. The van der Waals surface area contributed by atoms with Crippen LogP contribution in [-0.2, 0) is 22.7 Å². The van der Waals surface area contributed by atoms with Crippen molar-refractivity contribution in [1.29, 1.82) is 0 Å². The van der Waals surface area contributed by atoms with Gasteiger partial charge in [0.2, 0.25) is 11.8 Å². The van der Waals surface area contributed by atoms with Crippen LogP contribution in [0.4, 0.5) is 0 Å². The Morgan fingerprint density at radius 1 is 1.22 bits per heavy atom. The van der Waals surface area contributed by atoms with E-state index < -0.39 is 0 Å². The first-order chi connectivity index (χ1) is 13.2. The number of benzene rings is 1. The highest BCUT2D eigenvalue weighted by atomic mass is 16.6. The second-order valence-corrected chi connectivity index (χ2v) is 6.64. The summed E-state index contributed by atoms with van der Waals surface area (Å²) in [5.41, 5.74) is 3.08. The van der Waals surface area contributed by atoms with E-state index in [1.165, 1.54) is 0 Å². The lowest BCUT2D eigenvalue weighted by atomic mass is 9.96. The second-order valence-electron chi connectivity index (χ2n) is 6.64. The quantitative estimate of drug-likeness (QED) is 0.738. The van der Waals surface area contributed by atoms with E-state index in [4.69, 9.17) is 0 Å². The van der Waals surface area contributed by atoms with Gasteiger partial charge < -0.3 is 10.2 Å². The number of rotatable bonds is 5. The number of nitrogens with zero attached hydrogens (tertiary/aromatic N) is 4. The Morgan fingerprint density at radius 2 is 2.11 bits per heavy atom. The van der Waals surface area contributed by atoms with Crippen LogP contribution >= 0.6 is 0 Å². The van der Waals surface area contributed by atoms with Crippen LogP contribution in [-0.4, -0.2) is 38.6 Å². The number of amides is 2. The highest BCUT2D eigenvalue weighted by Crippen LogP contribution is 2.20. The van der Waals surface area contributed by atoms with Gasteiger partial charge >= 0.3 is 0 Å². The standard InChI is InChI=1S/C19H19N5O3/c25-18-7-5-14(11-24(18)12-15-3-1-2-8-20-15)19(26)21-10-13-4-6-16-17(9-13)23-27-22-16/h1-4,6,8-9,14H,5,7,10-12H2,(H,21,26)/t14-/m1/s1. The molecule has 0 saturated carbocycles. The van der Waals surface area contributed by atoms with Crippen molar-refractivity contribution in [3.05, 3.63) is 53.9 Å². The molecule has 0 bridgehead atoms. The van der Waals surface area contributed by atoms with E-state index in [9.17, 15) is 9.59 Å². The van der Waals surface area contributed by atoms with Gasteiger partial charge in [-0.2, -0.15) is 0 Å². The summed E-state index contributed by atoms with van der Waals surface area (Å²) >= 11 is 0. The van der Waals surface area contributed by atoms with Crippen molar-refractivity contribution >= 4 is 22.8 Å². The number of carbonyl (C=O) groups excluding carboxylic acids is 2. The molecular weight excluding hydrogens is 346 g/mol. The largest absolute Gasteiger partial charge is 0.352 e. The fraction of sp³-hybridized carbons (Fsp3) is 0.316. The first kappa shape index (κ1) is 17.1. The highest BCUT2D eigenvalue weighted by Gasteiger charge is 2.30. The first-order valence-electron chi connectivity index (χ1n) is 8.85. The van der Waals surface area contributed by atoms with Gasteiger partial charge in [-0.25, -0.2) is 4.63 Å². The van der Waals surface area contributed by atoms with E-state index in [-0.39, 0.29) is 17.7 Å². The molecule has 0 radical (unpaired) electrons. The van der Waals surface area contributed by atoms with Crippen LogP contribution in [0.15, 0.2) is 47.2 Å². The molecule has 0 unspecified atom stereocenters. The zero-order valence-electron chi connectivity index (χ0n) is 14.7. The Balaban J connectivity index is 1.35. The third-order valence-corrected chi connectivity index (χ3v) is 4.73. The van der Waals surface area contributed by atoms with Gasteiger partial charge in [-0.15, -0.1) is 0 Å². The van der Waals surface area contributed by atoms with E-state index in [0.717, 1.165) is 11.3 Å². The molecule has 8 heteroatoms. The third-order valence-electron chi connectivity index (χ3n) is 4.73. The van der Waals surface area contributed by atoms with Gasteiger partial charge in [0.15, 0.2) is 0 Å². The number of nitrogens with one attached hydrogen (secondary N) is 1. The van der Waals surface area contributed by atoms with Crippen LogP contribution in [0.25, 0.3) is 11.0 Å². The molecule has 2 aromatic heterocycles. The summed E-state index contributed by atoms with van der Waals surface area (Å²) in [5, 5.41) is 10.5. The van der Waals surface area contributed by atoms with Gasteiger partial charge in [0.05, 0.1) is 18.2 Å². The number of hydrogen-bond donors (Lipinski definition) is 1. The summed E-state index contributed by atoms with van der Waals surface area (Å²) in [7, 11) is 0. The molecule has 138 valence electrons. The van der Waals surface area contributed by atoms with Crippen LogP contribution in [0.2, 0.25) is 0 Å². The van der Waals surface area contributed by atoms with Crippen molar-refractivity contribution in [3.8, 4) is 0 Å². The Hall–Kier alpha value is -3.29. The smallest absolute Gasteiger partial charge is 0.225 e. The molecule has 1 fully saturated rings. The van der Waals surface area contributed by atoms with Crippen molar-refractivity contribution in [3.63, 3.8) is 0 Å². The number of piperidine rings is 1.